The fraction of sp³-hybridized carbons (Fsp3) is 0.214. The van der Waals surface area contributed by atoms with Crippen molar-refractivity contribution >= 4 is 11.5 Å². The van der Waals surface area contributed by atoms with Crippen molar-refractivity contribution in [2.24, 2.45) is 0 Å². The quantitative estimate of drug-likeness (QED) is 0.650. The maximum Gasteiger partial charge on any atom is 0.416 e. The van der Waals surface area contributed by atoms with Crippen LogP contribution in [-0.2, 0) is 6.18 Å². The van der Waals surface area contributed by atoms with Crippen LogP contribution >= 0.6 is 0 Å². The molecule has 0 saturated heterocycles. The molecule has 0 unspecified atom stereocenters. The Labute approximate surface area is 128 Å². The zero-order valence-corrected chi connectivity index (χ0v) is 11.6. The minimum atomic E-state index is -4.51. The van der Waals surface area contributed by atoms with Gasteiger partial charge < -0.3 is 10.4 Å². The molecule has 0 radical (unpaired) electrons. The number of pyridine rings is 1. The van der Waals surface area contributed by atoms with Gasteiger partial charge in [-0.3, -0.25) is 10.1 Å². The first kappa shape index (κ1) is 16.7. The van der Waals surface area contributed by atoms with Crippen molar-refractivity contribution in [3.8, 4) is 0 Å². The first-order chi connectivity index (χ1) is 10.8. The van der Waals surface area contributed by atoms with Gasteiger partial charge in [0, 0.05) is 18.8 Å². The van der Waals surface area contributed by atoms with Crippen molar-refractivity contribution in [2.75, 3.05) is 11.9 Å². The van der Waals surface area contributed by atoms with E-state index < -0.39 is 22.8 Å². The second-order valence-electron chi connectivity index (χ2n) is 4.65. The van der Waals surface area contributed by atoms with Gasteiger partial charge in [0.2, 0.25) is 5.82 Å². The average molecular weight is 327 g/mol. The number of hydrogen-bond acceptors (Lipinski definition) is 5. The van der Waals surface area contributed by atoms with Crippen LogP contribution in [-0.4, -0.2) is 21.6 Å². The van der Waals surface area contributed by atoms with Crippen LogP contribution in [0.1, 0.15) is 17.2 Å². The lowest BCUT2D eigenvalue weighted by molar-refractivity contribution is -0.384. The van der Waals surface area contributed by atoms with E-state index in [2.05, 4.69) is 10.3 Å². The number of benzene rings is 1. The molecule has 2 N–H and O–H groups in total. The van der Waals surface area contributed by atoms with Crippen LogP contribution in [0.4, 0.5) is 24.7 Å². The van der Waals surface area contributed by atoms with E-state index in [0.29, 0.717) is 0 Å². The SMILES string of the molecule is O=[N+]([O-])c1cccnc1NC[C@H](O)c1cccc(C(F)(F)F)c1. The second-order valence-corrected chi connectivity index (χ2v) is 4.65. The highest BCUT2D eigenvalue weighted by molar-refractivity contribution is 5.55. The molecule has 0 spiro atoms. The lowest BCUT2D eigenvalue weighted by atomic mass is 10.1. The van der Waals surface area contributed by atoms with E-state index in [4.69, 9.17) is 0 Å². The van der Waals surface area contributed by atoms with Crippen LogP contribution < -0.4 is 5.32 Å². The van der Waals surface area contributed by atoms with E-state index in [9.17, 15) is 28.4 Å². The van der Waals surface area contributed by atoms with Gasteiger partial charge in [-0.05, 0) is 23.8 Å². The van der Waals surface area contributed by atoms with Gasteiger partial charge in [0.05, 0.1) is 16.6 Å². The summed E-state index contributed by atoms with van der Waals surface area (Å²) in [5, 5.41) is 23.4. The molecule has 0 aliphatic rings. The fourth-order valence-corrected chi connectivity index (χ4v) is 1.91. The van der Waals surface area contributed by atoms with Crippen LogP contribution in [0.2, 0.25) is 0 Å². The molecule has 2 aromatic rings. The van der Waals surface area contributed by atoms with Crippen molar-refractivity contribution < 1.29 is 23.2 Å². The summed E-state index contributed by atoms with van der Waals surface area (Å²) < 4.78 is 37.9. The van der Waals surface area contributed by atoms with E-state index >= 15 is 0 Å². The van der Waals surface area contributed by atoms with E-state index in [0.717, 1.165) is 12.1 Å². The number of nitro groups is 1. The number of halogens is 3. The van der Waals surface area contributed by atoms with Crippen molar-refractivity contribution in [1.29, 1.82) is 0 Å². The van der Waals surface area contributed by atoms with Gasteiger partial charge in [-0.1, -0.05) is 12.1 Å². The number of nitrogens with one attached hydrogen (secondary N) is 1. The van der Waals surface area contributed by atoms with Gasteiger partial charge >= 0.3 is 11.9 Å². The maximum absolute atomic E-state index is 12.6. The predicted molar refractivity (Wildman–Crippen MR) is 75.8 cm³/mol. The highest BCUT2D eigenvalue weighted by Gasteiger charge is 2.30. The molecule has 122 valence electrons. The summed E-state index contributed by atoms with van der Waals surface area (Å²) in [5.41, 5.74) is -1.12. The summed E-state index contributed by atoms with van der Waals surface area (Å²) in [6.07, 6.45) is -4.46. The third-order valence-electron chi connectivity index (χ3n) is 3.04. The Morgan fingerprint density at radius 3 is 2.70 bits per heavy atom. The predicted octanol–water partition coefficient (Wildman–Crippen LogP) is 3.15. The van der Waals surface area contributed by atoms with Crippen LogP contribution in [0.5, 0.6) is 0 Å². The Morgan fingerprint density at radius 1 is 1.30 bits per heavy atom. The molecule has 9 heteroatoms. The molecule has 0 saturated carbocycles. The zero-order valence-electron chi connectivity index (χ0n) is 11.6. The fourth-order valence-electron chi connectivity index (χ4n) is 1.91. The first-order valence-corrected chi connectivity index (χ1v) is 6.47. The van der Waals surface area contributed by atoms with Crippen molar-refractivity contribution in [3.05, 3.63) is 63.8 Å². The number of hydrogen-bond donors (Lipinski definition) is 2. The normalized spacial score (nSPS) is 12.7. The summed E-state index contributed by atoms with van der Waals surface area (Å²) in [5.74, 6) is -0.0662. The molecular weight excluding hydrogens is 315 g/mol. The summed E-state index contributed by atoms with van der Waals surface area (Å²) in [6.45, 7) is -0.223. The van der Waals surface area contributed by atoms with Crippen molar-refractivity contribution in [3.63, 3.8) is 0 Å². The highest BCUT2D eigenvalue weighted by Crippen LogP contribution is 2.31. The van der Waals surface area contributed by atoms with Gasteiger partial charge in [0.25, 0.3) is 0 Å². The largest absolute Gasteiger partial charge is 0.416 e. The van der Waals surface area contributed by atoms with E-state index in [1.54, 1.807) is 0 Å². The summed E-state index contributed by atoms with van der Waals surface area (Å²) in [6, 6.07) is 6.87. The number of aliphatic hydroxyl groups is 1. The third-order valence-corrected chi connectivity index (χ3v) is 3.04. The standard InChI is InChI=1S/C14H12F3N3O3/c15-14(16,17)10-4-1-3-9(7-10)12(21)8-19-13-11(20(22)23)5-2-6-18-13/h1-7,12,21H,8H2,(H,18,19)/t12-/m0/s1. The maximum atomic E-state index is 12.6. The monoisotopic (exact) mass is 327 g/mol. The van der Waals surface area contributed by atoms with E-state index in [1.807, 2.05) is 0 Å². The van der Waals surface area contributed by atoms with Gasteiger partial charge in [-0.15, -0.1) is 0 Å². The topological polar surface area (TPSA) is 88.3 Å². The smallest absolute Gasteiger partial charge is 0.387 e. The molecule has 1 atom stereocenters. The number of anilines is 1. The van der Waals surface area contributed by atoms with E-state index in [1.165, 1.54) is 30.5 Å². The van der Waals surface area contributed by atoms with Crippen LogP contribution in [0, 0.1) is 10.1 Å². The summed E-state index contributed by atoms with van der Waals surface area (Å²) >= 11 is 0. The van der Waals surface area contributed by atoms with Gasteiger partial charge in [0.15, 0.2) is 0 Å². The molecule has 0 aliphatic heterocycles. The number of aliphatic hydroxyl groups excluding tert-OH is 1. The Hall–Kier alpha value is -2.68. The average Bonchev–Trinajstić information content (AvgIpc) is 2.52. The molecule has 0 bridgehead atoms. The van der Waals surface area contributed by atoms with Crippen LogP contribution in [0.3, 0.4) is 0 Å². The Balaban J connectivity index is 2.12. The zero-order chi connectivity index (χ0) is 17.0. The highest BCUT2D eigenvalue weighted by atomic mass is 19.4. The second kappa shape index (κ2) is 6.61. The number of nitrogens with zero attached hydrogens (tertiary/aromatic N) is 2. The minimum Gasteiger partial charge on any atom is -0.387 e. The number of aromatic nitrogens is 1. The minimum absolute atomic E-state index is 0.0471. The first-order valence-electron chi connectivity index (χ1n) is 6.47. The molecule has 2 rings (SSSR count). The van der Waals surface area contributed by atoms with Crippen molar-refractivity contribution in [2.45, 2.75) is 12.3 Å². The molecular formula is C14H12F3N3O3. The molecule has 6 nitrogen and oxygen atoms in total. The number of alkyl halides is 3. The van der Waals surface area contributed by atoms with E-state index in [-0.39, 0.29) is 23.6 Å². The van der Waals surface area contributed by atoms with Crippen LogP contribution in [0.15, 0.2) is 42.6 Å². The molecule has 0 amide bonds. The Kier molecular flexibility index (Phi) is 4.80. The summed E-state index contributed by atoms with van der Waals surface area (Å²) in [7, 11) is 0. The van der Waals surface area contributed by atoms with Gasteiger partial charge in [-0.25, -0.2) is 4.98 Å². The molecule has 1 aromatic carbocycles. The van der Waals surface area contributed by atoms with Crippen molar-refractivity contribution in [1.82, 2.24) is 4.98 Å². The Morgan fingerprint density at radius 2 is 2.04 bits per heavy atom. The molecule has 0 fully saturated rings. The van der Waals surface area contributed by atoms with Crippen LogP contribution in [0.25, 0.3) is 0 Å². The molecule has 1 heterocycles. The lowest BCUT2D eigenvalue weighted by Crippen LogP contribution is -2.15. The Bertz CT molecular complexity index is 707. The molecule has 1 aromatic heterocycles. The summed E-state index contributed by atoms with van der Waals surface area (Å²) in [4.78, 5) is 14.0. The number of rotatable bonds is 5. The molecule has 23 heavy (non-hydrogen) atoms. The third kappa shape index (κ3) is 4.16. The van der Waals surface area contributed by atoms with Gasteiger partial charge in [0.1, 0.15) is 0 Å². The van der Waals surface area contributed by atoms with Gasteiger partial charge in [-0.2, -0.15) is 13.2 Å². The lowest BCUT2D eigenvalue weighted by Gasteiger charge is -2.14. The molecule has 0 aliphatic carbocycles.